The monoisotopic (exact) mass is 327 g/mol. The average Bonchev–Trinajstić information content (AvgIpc) is 2.55. The van der Waals surface area contributed by atoms with E-state index in [0.29, 0.717) is 23.2 Å². The lowest BCUT2D eigenvalue weighted by Gasteiger charge is -2.31. The van der Waals surface area contributed by atoms with E-state index in [-0.39, 0.29) is 11.8 Å². The van der Waals surface area contributed by atoms with Gasteiger partial charge in [-0.3, -0.25) is 4.79 Å². The smallest absolute Gasteiger partial charge is 0.227 e. The maximum atomic E-state index is 12.2. The molecule has 1 saturated heterocycles. The zero-order valence-corrected chi connectivity index (χ0v) is 13.8. The van der Waals surface area contributed by atoms with Crippen LogP contribution in [0.1, 0.15) is 6.92 Å². The molecule has 1 aliphatic rings. The molecular formula is C18H21N3O3. The van der Waals surface area contributed by atoms with Crippen molar-refractivity contribution < 1.29 is 14.3 Å². The molecule has 0 bridgehead atoms. The third-order valence-corrected chi connectivity index (χ3v) is 4.22. The highest BCUT2D eigenvalue weighted by Gasteiger charge is 2.28. The van der Waals surface area contributed by atoms with E-state index < -0.39 is 0 Å². The number of amides is 1. The number of carbonyl (C=O) groups is 1. The summed E-state index contributed by atoms with van der Waals surface area (Å²) in [6.07, 6.45) is 1.60. The molecule has 1 fully saturated rings. The number of pyridine rings is 1. The molecular weight excluding hydrogens is 306 g/mol. The Morgan fingerprint density at radius 3 is 2.46 bits per heavy atom. The minimum Gasteiger partial charge on any atom is -0.497 e. The van der Waals surface area contributed by atoms with Crippen LogP contribution in [0.3, 0.4) is 0 Å². The van der Waals surface area contributed by atoms with Gasteiger partial charge in [0.25, 0.3) is 0 Å². The first-order chi connectivity index (χ1) is 11.7. The van der Waals surface area contributed by atoms with E-state index in [9.17, 15) is 4.79 Å². The second-order valence-corrected chi connectivity index (χ2v) is 5.86. The van der Waals surface area contributed by atoms with Gasteiger partial charge in [0.15, 0.2) is 0 Å². The lowest BCUT2D eigenvalue weighted by Crippen LogP contribution is -2.48. The molecule has 0 saturated carbocycles. The van der Waals surface area contributed by atoms with E-state index in [4.69, 9.17) is 9.47 Å². The van der Waals surface area contributed by atoms with Crippen molar-refractivity contribution in [2.45, 2.75) is 6.92 Å². The number of rotatable bonds is 6. The fourth-order valence-corrected chi connectivity index (χ4v) is 2.41. The molecule has 1 aliphatic heterocycles. The fraction of sp³-hybridized carbons (Fsp3) is 0.333. The van der Waals surface area contributed by atoms with Crippen molar-refractivity contribution in [2.75, 3.05) is 25.5 Å². The lowest BCUT2D eigenvalue weighted by atomic mass is 9.88. The number of benzene rings is 1. The van der Waals surface area contributed by atoms with Crippen molar-refractivity contribution >= 4 is 11.6 Å². The van der Waals surface area contributed by atoms with Gasteiger partial charge >= 0.3 is 0 Å². The quantitative estimate of drug-likeness (QED) is 0.853. The van der Waals surface area contributed by atoms with Gasteiger partial charge in [-0.15, -0.1) is 0 Å². The SMILES string of the molecule is COc1ccc(Oc2ccc(NC(=O)C(C)C3CNC3)cn2)cc1. The highest BCUT2D eigenvalue weighted by Crippen LogP contribution is 2.23. The third kappa shape index (κ3) is 3.83. The van der Waals surface area contributed by atoms with Gasteiger partial charge < -0.3 is 20.1 Å². The van der Waals surface area contributed by atoms with E-state index in [1.165, 1.54) is 0 Å². The summed E-state index contributed by atoms with van der Waals surface area (Å²) < 4.78 is 10.8. The number of methoxy groups -OCH3 is 1. The second-order valence-electron chi connectivity index (χ2n) is 5.86. The van der Waals surface area contributed by atoms with Gasteiger partial charge in [-0.25, -0.2) is 4.98 Å². The number of ether oxygens (including phenoxy) is 2. The lowest BCUT2D eigenvalue weighted by molar-refractivity contribution is -0.121. The van der Waals surface area contributed by atoms with Gasteiger partial charge in [-0.05, 0) is 49.3 Å². The predicted molar refractivity (Wildman–Crippen MR) is 91.5 cm³/mol. The van der Waals surface area contributed by atoms with Crippen molar-refractivity contribution in [1.82, 2.24) is 10.3 Å². The standard InChI is InChI=1S/C18H21N3O3/c1-12(13-9-19-10-13)18(22)21-14-3-8-17(20-11-14)24-16-6-4-15(23-2)5-7-16/h3-8,11-13,19H,9-10H2,1-2H3,(H,21,22). The second kappa shape index (κ2) is 7.31. The van der Waals surface area contributed by atoms with E-state index >= 15 is 0 Å². The summed E-state index contributed by atoms with van der Waals surface area (Å²) in [5.41, 5.74) is 0.668. The molecule has 1 aromatic carbocycles. The Morgan fingerprint density at radius 2 is 1.92 bits per heavy atom. The Hall–Kier alpha value is -2.60. The maximum absolute atomic E-state index is 12.2. The van der Waals surface area contributed by atoms with Gasteiger partial charge in [-0.1, -0.05) is 6.92 Å². The van der Waals surface area contributed by atoms with Crippen LogP contribution in [-0.4, -0.2) is 31.1 Å². The van der Waals surface area contributed by atoms with E-state index in [2.05, 4.69) is 15.6 Å². The van der Waals surface area contributed by atoms with Crippen molar-refractivity contribution in [3.8, 4) is 17.4 Å². The van der Waals surface area contributed by atoms with Crippen LogP contribution >= 0.6 is 0 Å². The van der Waals surface area contributed by atoms with Crippen LogP contribution in [0, 0.1) is 11.8 Å². The van der Waals surface area contributed by atoms with Crippen molar-refractivity contribution in [1.29, 1.82) is 0 Å². The summed E-state index contributed by atoms with van der Waals surface area (Å²) in [6.45, 7) is 3.76. The number of hydrogen-bond donors (Lipinski definition) is 2. The molecule has 0 radical (unpaired) electrons. The first-order valence-electron chi connectivity index (χ1n) is 7.95. The Labute approximate surface area is 141 Å². The third-order valence-electron chi connectivity index (χ3n) is 4.22. The molecule has 24 heavy (non-hydrogen) atoms. The number of aromatic nitrogens is 1. The van der Waals surface area contributed by atoms with Crippen LogP contribution in [0.25, 0.3) is 0 Å². The first-order valence-corrected chi connectivity index (χ1v) is 7.95. The van der Waals surface area contributed by atoms with Crippen LogP contribution in [0.15, 0.2) is 42.6 Å². The molecule has 0 aliphatic carbocycles. The van der Waals surface area contributed by atoms with E-state index in [1.807, 2.05) is 31.2 Å². The summed E-state index contributed by atoms with van der Waals surface area (Å²) in [5, 5.41) is 6.08. The van der Waals surface area contributed by atoms with Crippen molar-refractivity contribution in [3.63, 3.8) is 0 Å². The Kier molecular flexibility index (Phi) is 4.96. The summed E-state index contributed by atoms with van der Waals surface area (Å²) >= 11 is 0. The number of anilines is 1. The highest BCUT2D eigenvalue weighted by atomic mass is 16.5. The molecule has 126 valence electrons. The summed E-state index contributed by atoms with van der Waals surface area (Å²) in [7, 11) is 1.62. The minimum atomic E-state index is -0.0125. The van der Waals surface area contributed by atoms with Gasteiger partial charge in [0, 0.05) is 12.0 Å². The number of carbonyl (C=O) groups excluding carboxylic acids is 1. The summed E-state index contributed by atoms with van der Waals surface area (Å²) in [4.78, 5) is 16.4. The molecule has 2 heterocycles. The van der Waals surface area contributed by atoms with Gasteiger partial charge in [-0.2, -0.15) is 0 Å². The molecule has 1 atom stereocenters. The van der Waals surface area contributed by atoms with Crippen LogP contribution in [0.5, 0.6) is 17.4 Å². The molecule has 0 spiro atoms. The Bertz CT molecular complexity index is 682. The normalized spacial score (nSPS) is 15.2. The van der Waals surface area contributed by atoms with Crippen LogP contribution < -0.4 is 20.1 Å². The predicted octanol–water partition coefficient (Wildman–Crippen LogP) is 2.68. The van der Waals surface area contributed by atoms with Crippen LogP contribution in [0.2, 0.25) is 0 Å². The molecule has 6 nitrogen and oxygen atoms in total. The molecule has 1 amide bonds. The first kappa shape index (κ1) is 16.3. The number of hydrogen-bond acceptors (Lipinski definition) is 5. The molecule has 6 heteroatoms. The zero-order valence-electron chi connectivity index (χ0n) is 13.8. The topological polar surface area (TPSA) is 72.5 Å². The maximum Gasteiger partial charge on any atom is 0.227 e. The molecule has 2 aromatic rings. The number of nitrogens with zero attached hydrogens (tertiary/aromatic N) is 1. The van der Waals surface area contributed by atoms with Gasteiger partial charge in [0.1, 0.15) is 11.5 Å². The highest BCUT2D eigenvalue weighted by molar-refractivity contribution is 5.92. The average molecular weight is 327 g/mol. The van der Waals surface area contributed by atoms with Gasteiger partial charge in [0.05, 0.1) is 19.0 Å². The van der Waals surface area contributed by atoms with Gasteiger partial charge in [0.2, 0.25) is 11.8 Å². The summed E-state index contributed by atoms with van der Waals surface area (Å²) in [5.74, 6) is 2.33. The van der Waals surface area contributed by atoms with E-state index in [0.717, 1.165) is 18.8 Å². The molecule has 1 unspecified atom stereocenters. The largest absolute Gasteiger partial charge is 0.497 e. The van der Waals surface area contributed by atoms with E-state index in [1.54, 1.807) is 25.4 Å². The number of nitrogens with one attached hydrogen (secondary N) is 2. The fourth-order valence-electron chi connectivity index (χ4n) is 2.41. The minimum absolute atomic E-state index is 0.0125. The molecule has 3 rings (SSSR count). The Morgan fingerprint density at radius 1 is 1.21 bits per heavy atom. The van der Waals surface area contributed by atoms with Crippen LogP contribution in [0.4, 0.5) is 5.69 Å². The zero-order chi connectivity index (χ0) is 16.9. The summed E-state index contributed by atoms with van der Waals surface area (Å²) in [6, 6.07) is 10.8. The van der Waals surface area contributed by atoms with Crippen molar-refractivity contribution in [2.24, 2.45) is 11.8 Å². The van der Waals surface area contributed by atoms with Crippen molar-refractivity contribution in [3.05, 3.63) is 42.6 Å². The molecule has 1 aromatic heterocycles. The van der Waals surface area contributed by atoms with Crippen LogP contribution in [-0.2, 0) is 4.79 Å². The molecule has 2 N–H and O–H groups in total. The Balaban J connectivity index is 1.57.